The zero-order chi connectivity index (χ0) is 11.0. The first-order chi connectivity index (χ1) is 7.79. The molecule has 0 bridgehead atoms. The van der Waals surface area contributed by atoms with E-state index >= 15 is 0 Å². The third-order valence-electron chi connectivity index (χ3n) is 3.35. The van der Waals surface area contributed by atoms with Gasteiger partial charge in [0.25, 0.3) is 0 Å². The van der Waals surface area contributed by atoms with Gasteiger partial charge in [-0.25, -0.2) is 4.98 Å². The molecule has 16 heavy (non-hydrogen) atoms. The first kappa shape index (κ1) is 10.3. The van der Waals surface area contributed by atoms with Crippen molar-refractivity contribution >= 4 is 0 Å². The molecule has 4 heteroatoms. The Morgan fingerprint density at radius 2 is 2.31 bits per heavy atom. The molecule has 4 nitrogen and oxygen atoms in total. The lowest BCUT2D eigenvalue weighted by molar-refractivity contribution is 0.280. The zero-order valence-electron chi connectivity index (χ0n) is 9.78. The molecule has 2 aliphatic rings. The quantitative estimate of drug-likeness (QED) is 0.832. The average Bonchev–Trinajstić information content (AvgIpc) is 2.80. The Morgan fingerprint density at radius 3 is 3.00 bits per heavy atom. The second kappa shape index (κ2) is 4.18. The van der Waals surface area contributed by atoms with Gasteiger partial charge in [-0.05, 0) is 26.2 Å². The molecule has 0 spiro atoms. The van der Waals surface area contributed by atoms with Gasteiger partial charge < -0.3 is 9.73 Å². The third-order valence-corrected chi connectivity index (χ3v) is 3.35. The van der Waals surface area contributed by atoms with E-state index in [4.69, 9.17) is 4.42 Å². The van der Waals surface area contributed by atoms with Crippen molar-refractivity contribution < 1.29 is 4.42 Å². The van der Waals surface area contributed by atoms with Crippen LogP contribution in [0.1, 0.15) is 30.9 Å². The molecule has 1 saturated heterocycles. The molecule has 1 aliphatic heterocycles. The molecule has 0 aromatic carbocycles. The molecule has 1 aromatic heterocycles. The zero-order valence-corrected chi connectivity index (χ0v) is 9.78. The van der Waals surface area contributed by atoms with Crippen molar-refractivity contribution in [3.63, 3.8) is 0 Å². The summed E-state index contributed by atoms with van der Waals surface area (Å²) in [4.78, 5) is 6.67. The summed E-state index contributed by atoms with van der Waals surface area (Å²) in [5.41, 5.74) is 0. The van der Waals surface area contributed by atoms with Crippen molar-refractivity contribution in [2.45, 2.75) is 44.8 Å². The van der Waals surface area contributed by atoms with Gasteiger partial charge >= 0.3 is 0 Å². The fraction of sp³-hybridized carbons (Fsp3) is 0.750. The molecule has 88 valence electrons. The largest absolute Gasteiger partial charge is 0.445 e. The lowest BCUT2D eigenvalue weighted by Gasteiger charge is -2.14. The van der Waals surface area contributed by atoms with Gasteiger partial charge in [0.15, 0.2) is 0 Å². The topological polar surface area (TPSA) is 41.3 Å². The first-order valence-corrected chi connectivity index (χ1v) is 6.19. The van der Waals surface area contributed by atoms with Crippen LogP contribution in [0.5, 0.6) is 0 Å². The molecule has 0 radical (unpaired) electrons. The van der Waals surface area contributed by atoms with Gasteiger partial charge in [-0.2, -0.15) is 0 Å². The maximum Gasteiger partial charge on any atom is 0.208 e. The van der Waals surface area contributed by atoms with Crippen molar-refractivity contribution in [1.29, 1.82) is 0 Å². The van der Waals surface area contributed by atoms with Crippen LogP contribution in [0, 0.1) is 6.92 Å². The van der Waals surface area contributed by atoms with Gasteiger partial charge in [-0.1, -0.05) is 0 Å². The highest BCUT2D eigenvalue weighted by atomic mass is 16.4. The smallest absolute Gasteiger partial charge is 0.208 e. The van der Waals surface area contributed by atoms with Crippen molar-refractivity contribution in [2.75, 3.05) is 13.1 Å². The molecule has 1 atom stereocenters. The molecule has 0 amide bonds. The standard InChI is InChI=1S/C12H19N3O/c1-9-6-13-12(16-9)8-15-5-4-11(7-15)14-10-2-3-10/h6,10-11,14H,2-5,7-8H2,1H3. The number of oxazole rings is 1. The molecule has 3 rings (SSSR count). The number of rotatable bonds is 4. The van der Waals surface area contributed by atoms with Crippen molar-refractivity contribution in [3.05, 3.63) is 17.8 Å². The summed E-state index contributed by atoms with van der Waals surface area (Å²) >= 11 is 0. The van der Waals surface area contributed by atoms with Crippen LogP contribution in [-0.4, -0.2) is 35.1 Å². The molecule has 1 aromatic rings. The van der Waals surface area contributed by atoms with E-state index < -0.39 is 0 Å². The van der Waals surface area contributed by atoms with Crippen LogP contribution in [-0.2, 0) is 6.54 Å². The van der Waals surface area contributed by atoms with E-state index in [1.165, 1.54) is 19.3 Å². The Kier molecular flexibility index (Phi) is 2.69. The van der Waals surface area contributed by atoms with E-state index in [1.807, 2.05) is 6.92 Å². The fourth-order valence-electron chi connectivity index (χ4n) is 2.36. The second-order valence-electron chi connectivity index (χ2n) is 5.03. The van der Waals surface area contributed by atoms with Gasteiger partial charge in [0.1, 0.15) is 5.76 Å². The average molecular weight is 221 g/mol. The number of nitrogens with one attached hydrogen (secondary N) is 1. The summed E-state index contributed by atoms with van der Waals surface area (Å²) < 4.78 is 5.50. The van der Waals surface area contributed by atoms with Gasteiger partial charge in [-0.3, -0.25) is 4.90 Å². The summed E-state index contributed by atoms with van der Waals surface area (Å²) in [5.74, 6) is 1.76. The number of nitrogens with zero attached hydrogens (tertiary/aromatic N) is 2. The molecule has 1 aliphatic carbocycles. The molecule has 2 heterocycles. The highest BCUT2D eigenvalue weighted by molar-refractivity contribution is 4.93. The van der Waals surface area contributed by atoms with Crippen LogP contribution < -0.4 is 5.32 Å². The first-order valence-electron chi connectivity index (χ1n) is 6.19. The summed E-state index contributed by atoms with van der Waals surface area (Å²) in [6, 6.07) is 1.50. The van der Waals surface area contributed by atoms with Crippen molar-refractivity contribution in [3.8, 4) is 0 Å². The van der Waals surface area contributed by atoms with Crippen LogP contribution >= 0.6 is 0 Å². The minimum Gasteiger partial charge on any atom is -0.445 e. The van der Waals surface area contributed by atoms with E-state index in [-0.39, 0.29) is 0 Å². The number of aromatic nitrogens is 1. The highest BCUT2D eigenvalue weighted by Crippen LogP contribution is 2.22. The van der Waals surface area contributed by atoms with Gasteiger partial charge in [0.05, 0.1) is 12.7 Å². The van der Waals surface area contributed by atoms with Crippen molar-refractivity contribution in [1.82, 2.24) is 15.2 Å². The Hall–Kier alpha value is -0.870. The van der Waals surface area contributed by atoms with Crippen LogP contribution in [0.2, 0.25) is 0 Å². The van der Waals surface area contributed by atoms with Gasteiger partial charge in [0.2, 0.25) is 5.89 Å². The number of aryl methyl sites for hydroxylation is 1. The fourth-order valence-corrected chi connectivity index (χ4v) is 2.36. The molecule has 2 fully saturated rings. The van der Waals surface area contributed by atoms with E-state index in [0.717, 1.165) is 37.3 Å². The third kappa shape index (κ3) is 2.44. The minimum absolute atomic E-state index is 0.684. The van der Waals surface area contributed by atoms with E-state index in [0.29, 0.717) is 6.04 Å². The minimum atomic E-state index is 0.684. The normalized spacial score (nSPS) is 26.4. The Balaban J connectivity index is 1.49. The molecular formula is C12H19N3O. The van der Waals surface area contributed by atoms with Crippen LogP contribution in [0.15, 0.2) is 10.6 Å². The highest BCUT2D eigenvalue weighted by Gasteiger charge is 2.29. The Labute approximate surface area is 96.0 Å². The van der Waals surface area contributed by atoms with Crippen molar-refractivity contribution in [2.24, 2.45) is 0 Å². The SMILES string of the molecule is Cc1cnc(CN2CCC(NC3CC3)C2)o1. The summed E-state index contributed by atoms with van der Waals surface area (Å²) in [6.07, 6.45) is 5.80. The Bertz CT molecular complexity index is 359. The summed E-state index contributed by atoms with van der Waals surface area (Å²) in [5, 5.41) is 3.68. The number of hydrogen-bond acceptors (Lipinski definition) is 4. The Morgan fingerprint density at radius 1 is 1.44 bits per heavy atom. The van der Waals surface area contributed by atoms with E-state index in [2.05, 4.69) is 15.2 Å². The maximum absolute atomic E-state index is 5.50. The van der Waals surface area contributed by atoms with E-state index in [1.54, 1.807) is 6.20 Å². The maximum atomic E-state index is 5.50. The van der Waals surface area contributed by atoms with Gasteiger partial charge in [-0.15, -0.1) is 0 Å². The monoisotopic (exact) mass is 221 g/mol. The molecule has 1 N–H and O–H groups in total. The number of likely N-dealkylation sites (tertiary alicyclic amines) is 1. The predicted octanol–water partition coefficient (Wildman–Crippen LogP) is 1.31. The summed E-state index contributed by atoms with van der Waals surface area (Å²) in [7, 11) is 0. The molecule has 1 unspecified atom stereocenters. The number of hydrogen-bond donors (Lipinski definition) is 1. The van der Waals surface area contributed by atoms with Crippen LogP contribution in [0.4, 0.5) is 0 Å². The predicted molar refractivity (Wildman–Crippen MR) is 61.1 cm³/mol. The lowest BCUT2D eigenvalue weighted by atomic mass is 10.2. The lowest BCUT2D eigenvalue weighted by Crippen LogP contribution is -2.33. The van der Waals surface area contributed by atoms with E-state index in [9.17, 15) is 0 Å². The van der Waals surface area contributed by atoms with Gasteiger partial charge in [0, 0.05) is 25.2 Å². The molecular weight excluding hydrogens is 202 g/mol. The van der Waals surface area contributed by atoms with Crippen LogP contribution in [0.3, 0.4) is 0 Å². The summed E-state index contributed by atoms with van der Waals surface area (Å²) in [6.45, 7) is 5.10. The van der Waals surface area contributed by atoms with Crippen LogP contribution in [0.25, 0.3) is 0 Å². The molecule has 1 saturated carbocycles. The second-order valence-corrected chi connectivity index (χ2v) is 5.03.